The first-order valence-corrected chi connectivity index (χ1v) is 7.30. The lowest BCUT2D eigenvalue weighted by molar-refractivity contribution is -0.00918. The van der Waals surface area contributed by atoms with Gasteiger partial charge in [0.05, 0.1) is 12.7 Å². The number of piperazine rings is 1. The van der Waals surface area contributed by atoms with E-state index in [1.54, 1.807) is 0 Å². The van der Waals surface area contributed by atoms with Crippen molar-refractivity contribution in [3.05, 3.63) is 0 Å². The average molecular weight is 240 g/mol. The van der Waals surface area contributed by atoms with Gasteiger partial charge in [-0.05, 0) is 26.7 Å². The van der Waals surface area contributed by atoms with Gasteiger partial charge in [0.25, 0.3) is 0 Å². The number of nitrogens with one attached hydrogen (secondary N) is 1. The normalized spacial score (nSPS) is 25.6. The van der Waals surface area contributed by atoms with E-state index in [9.17, 15) is 0 Å². The molecule has 0 aromatic carbocycles. The van der Waals surface area contributed by atoms with Gasteiger partial charge in [-0.3, -0.25) is 4.90 Å². The van der Waals surface area contributed by atoms with Crippen LogP contribution >= 0.6 is 0 Å². The molecule has 1 saturated carbocycles. The number of hydrogen-bond acceptors (Lipinski definition) is 3. The molecule has 0 amide bonds. The Morgan fingerprint density at radius 1 is 1.24 bits per heavy atom. The number of nitrogens with zero attached hydrogens (tertiary/aromatic N) is 1. The van der Waals surface area contributed by atoms with Gasteiger partial charge in [-0.2, -0.15) is 0 Å². The van der Waals surface area contributed by atoms with Gasteiger partial charge in [0, 0.05) is 31.7 Å². The van der Waals surface area contributed by atoms with E-state index in [1.165, 1.54) is 45.2 Å². The van der Waals surface area contributed by atoms with Crippen molar-refractivity contribution in [2.75, 3.05) is 32.8 Å². The molecule has 2 aliphatic rings. The maximum absolute atomic E-state index is 5.72. The zero-order valence-electron chi connectivity index (χ0n) is 11.5. The van der Waals surface area contributed by atoms with Crippen LogP contribution in [0.3, 0.4) is 0 Å². The fraction of sp³-hybridized carbons (Fsp3) is 1.00. The Morgan fingerprint density at radius 2 is 2.00 bits per heavy atom. The first-order valence-electron chi connectivity index (χ1n) is 7.30. The Kier molecular flexibility index (Phi) is 4.83. The summed E-state index contributed by atoms with van der Waals surface area (Å²) in [6.45, 7) is 9.76. The smallest absolute Gasteiger partial charge is 0.0597 e. The van der Waals surface area contributed by atoms with E-state index in [4.69, 9.17) is 4.74 Å². The zero-order valence-corrected chi connectivity index (χ0v) is 11.5. The van der Waals surface area contributed by atoms with Crippen molar-refractivity contribution in [2.24, 2.45) is 0 Å². The first-order chi connectivity index (χ1) is 8.23. The molecule has 0 radical (unpaired) electrons. The van der Waals surface area contributed by atoms with Crippen molar-refractivity contribution in [3.8, 4) is 0 Å². The molecule has 0 unspecified atom stereocenters. The van der Waals surface area contributed by atoms with E-state index in [2.05, 4.69) is 24.1 Å². The Bertz CT molecular complexity index is 216. The van der Waals surface area contributed by atoms with Gasteiger partial charge in [0.2, 0.25) is 0 Å². The molecule has 1 aliphatic carbocycles. The topological polar surface area (TPSA) is 24.5 Å². The third-order valence-electron chi connectivity index (χ3n) is 4.28. The maximum atomic E-state index is 5.72. The van der Waals surface area contributed by atoms with Gasteiger partial charge in [-0.1, -0.05) is 19.3 Å². The minimum atomic E-state index is 0.361. The van der Waals surface area contributed by atoms with Crippen LogP contribution in [0.5, 0.6) is 0 Å². The highest BCUT2D eigenvalue weighted by Crippen LogP contribution is 2.34. The Hall–Kier alpha value is -0.120. The Balaban J connectivity index is 1.87. The molecule has 0 atom stereocenters. The van der Waals surface area contributed by atoms with Crippen LogP contribution in [0.2, 0.25) is 0 Å². The molecule has 1 heterocycles. The lowest BCUT2D eigenvalue weighted by Crippen LogP contribution is -2.62. The van der Waals surface area contributed by atoms with E-state index in [1.807, 2.05) is 0 Å². The summed E-state index contributed by atoms with van der Waals surface area (Å²) in [6, 6.07) is 0. The molecule has 0 aromatic rings. The molecule has 1 spiro atoms. The highest BCUT2D eigenvalue weighted by atomic mass is 16.5. The summed E-state index contributed by atoms with van der Waals surface area (Å²) < 4.78 is 5.72. The van der Waals surface area contributed by atoms with E-state index >= 15 is 0 Å². The van der Waals surface area contributed by atoms with E-state index < -0.39 is 0 Å². The highest BCUT2D eigenvalue weighted by Gasteiger charge is 2.39. The third kappa shape index (κ3) is 3.43. The average Bonchev–Trinajstić information content (AvgIpc) is 2.32. The minimum absolute atomic E-state index is 0.361. The molecule has 2 fully saturated rings. The quantitative estimate of drug-likeness (QED) is 0.813. The largest absolute Gasteiger partial charge is 0.377 e. The molecule has 1 saturated heterocycles. The van der Waals surface area contributed by atoms with Crippen molar-refractivity contribution < 1.29 is 4.74 Å². The van der Waals surface area contributed by atoms with Gasteiger partial charge >= 0.3 is 0 Å². The van der Waals surface area contributed by atoms with Gasteiger partial charge in [-0.25, -0.2) is 0 Å². The van der Waals surface area contributed by atoms with Crippen LogP contribution in [0, 0.1) is 0 Å². The SMILES string of the molecule is CC(C)OCCN1CCNCC12CCCCC2. The van der Waals surface area contributed by atoms with Crippen molar-refractivity contribution in [3.63, 3.8) is 0 Å². The van der Waals surface area contributed by atoms with Crippen molar-refractivity contribution >= 4 is 0 Å². The summed E-state index contributed by atoms with van der Waals surface area (Å²) in [7, 11) is 0. The predicted octanol–water partition coefficient (Wildman–Crippen LogP) is 2.02. The molecule has 0 aromatic heterocycles. The van der Waals surface area contributed by atoms with E-state index in [0.717, 1.165) is 19.7 Å². The van der Waals surface area contributed by atoms with Gasteiger partial charge < -0.3 is 10.1 Å². The van der Waals surface area contributed by atoms with Gasteiger partial charge in [0.15, 0.2) is 0 Å². The second-order valence-corrected chi connectivity index (χ2v) is 5.87. The lowest BCUT2D eigenvalue weighted by atomic mass is 9.79. The minimum Gasteiger partial charge on any atom is -0.377 e. The second kappa shape index (κ2) is 6.17. The number of hydrogen-bond donors (Lipinski definition) is 1. The summed E-state index contributed by atoms with van der Waals surface area (Å²) in [5, 5.41) is 3.59. The van der Waals surface area contributed by atoms with Crippen LogP contribution in [-0.4, -0.2) is 49.3 Å². The lowest BCUT2D eigenvalue weighted by Gasteiger charge is -2.50. The number of ether oxygens (including phenoxy) is 1. The third-order valence-corrected chi connectivity index (χ3v) is 4.28. The summed E-state index contributed by atoms with van der Waals surface area (Å²) in [6.07, 6.45) is 7.36. The summed E-state index contributed by atoms with van der Waals surface area (Å²) in [5.74, 6) is 0. The van der Waals surface area contributed by atoms with Crippen LogP contribution in [0.15, 0.2) is 0 Å². The molecule has 3 heteroatoms. The van der Waals surface area contributed by atoms with E-state index in [-0.39, 0.29) is 0 Å². The van der Waals surface area contributed by atoms with Crippen LogP contribution in [0.1, 0.15) is 46.0 Å². The Morgan fingerprint density at radius 3 is 2.71 bits per heavy atom. The fourth-order valence-corrected chi connectivity index (χ4v) is 3.33. The second-order valence-electron chi connectivity index (χ2n) is 5.87. The zero-order chi connectivity index (χ0) is 12.1. The standard InChI is InChI=1S/C14H28N2O/c1-13(2)17-11-10-16-9-8-15-12-14(16)6-4-3-5-7-14/h13,15H,3-12H2,1-2H3. The van der Waals surface area contributed by atoms with Crippen LogP contribution < -0.4 is 5.32 Å². The van der Waals surface area contributed by atoms with Crippen molar-refractivity contribution in [1.29, 1.82) is 0 Å². The van der Waals surface area contributed by atoms with Crippen LogP contribution in [0.4, 0.5) is 0 Å². The van der Waals surface area contributed by atoms with Gasteiger partial charge in [-0.15, -0.1) is 0 Å². The maximum Gasteiger partial charge on any atom is 0.0597 e. The van der Waals surface area contributed by atoms with Crippen molar-refractivity contribution in [2.45, 2.75) is 57.6 Å². The molecule has 17 heavy (non-hydrogen) atoms. The van der Waals surface area contributed by atoms with Gasteiger partial charge in [0.1, 0.15) is 0 Å². The number of rotatable bonds is 4. The predicted molar refractivity (Wildman–Crippen MR) is 71.3 cm³/mol. The summed E-state index contributed by atoms with van der Waals surface area (Å²) in [4.78, 5) is 2.70. The molecule has 0 bridgehead atoms. The summed E-state index contributed by atoms with van der Waals surface area (Å²) in [5.41, 5.74) is 0.455. The molecular formula is C14H28N2O. The monoisotopic (exact) mass is 240 g/mol. The first kappa shape index (κ1) is 13.3. The van der Waals surface area contributed by atoms with Crippen LogP contribution in [0.25, 0.3) is 0 Å². The van der Waals surface area contributed by atoms with Crippen molar-refractivity contribution in [1.82, 2.24) is 10.2 Å². The summed E-state index contributed by atoms with van der Waals surface area (Å²) >= 11 is 0. The molecule has 3 nitrogen and oxygen atoms in total. The molecular weight excluding hydrogens is 212 g/mol. The molecule has 2 rings (SSSR count). The molecule has 1 N–H and O–H groups in total. The van der Waals surface area contributed by atoms with Crippen LogP contribution in [-0.2, 0) is 4.74 Å². The molecule has 1 aliphatic heterocycles. The van der Waals surface area contributed by atoms with E-state index in [0.29, 0.717) is 11.6 Å². The molecule has 100 valence electrons. The highest BCUT2D eigenvalue weighted by molar-refractivity contribution is 4.97. The Labute approximate surface area is 106 Å². The fourth-order valence-electron chi connectivity index (χ4n) is 3.33.